The molecule has 0 radical (unpaired) electrons. The Morgan fingerprint density at radius 3 is 2.49 bits per heavy atom. The number of rotatable bonds is 7. The molecule has 1 amide bonds. The maximum Gasteiger partial charge on any atom is 0.237 e. The fraction of sp³-hybridized carbons (Fsp3) is 0.607. The first-order valence-electron chi connectivity index (χ1n) is 12.9. The highest BCUT2D eigenvalue weighted by Gasteiger charge is 2.35. The number of nitrogens with one attached hydrogen (secondary N) is 1. The van der Waals surface area contributed by atoms with E-state index in [0.717, 1.165) is 30.4 Å². The van der Waals surface area contributed by atoms with Gasteiger partial charge in [-0.2, -0.15) is 0 Å². The number of aldehydes is 1. The van der Waals surface area contributed by atoms with Crippen LogP contribution in [0.1, 0.15) is 77.1 Å². The van der Waals surface area contributed by atoms with Gasteiger partial charge in [0.05, 0.1) is 23.9 Å². The molecule has 4 atom stereocenters. The van der Waals surface area contributed by atoms with Crippen LogP contribution in [0.2, 0.25) is 0 Å². The summed E-state index contributed by atoms with van der Waals surface area (Å²) in [5.41, 5.74) is 9.90. The third-order valence-corrected chi connectivity index (χ3v) is 6.51. The van der Waals surface area contributed by atoms with Crippen LogP contribution in [0.25, 0.3) is 0 Å². The molecule has 0 bridgehead atoms. The second kappa shape index (κ2) is 15.5. The van der Waals surface area contributed by atoms with Crippen LogP contribution < -0.4 is 11.1 Å². The number of carbonyl (C=O) groups excluding carboxylic acids is 2. The summed E-state index contributed by atoms with van der Waals surface area (Å²) in [4.78, 5) is 29.0. The lowest BCUT2D eigenvalue weighted by Crippen LogP contribution is -2.42. The van der Waals surface area contributed by atoms with Crippen molar-refractivity contribution in [2.75, 3.05) is 20.1 Å². The minimum atomic E-state index is -0.416. The van der Waals surface area contributed by atoms with Gasteiger partial charge in [-0.3, -0.25) is 14.7 Å². The number of aliphatic hydroxyl groups excluding tert-OH is 1. The molecule has 3 rings (SSSR count). The number of nitrogens with zero attached hydrogens (tertiary/aromatic N) is 2. The monoisotopic (exact) mass is 486 g/mol. The number of hydrogen-bond acceptors (Lipinski definition) is 6. The quantitative estimate of drug-likeness (QED) is 0.403. The molecule has 0 saturated carbocycles. The SMILES string of the molecule is CC.CC(C)C(C)C=O.CCN=C(/C=C\N)c1ccc2c(c1)CCC2NC(=O)C1CC(O)CN1C. The summed E-state index contributed by atoms with van der Waals surface area (Å²) in [6.45, 7) is 13.3. The fourth-order valence-corrected chi connectivity index (χ4v) is 4.13. The highest BCUT2D eigenvalue weighted by atomic mass is 16.3. The number of aliphatic hydroxyl groups is 1. The van der Waals surface area contributed by atoms with E-state index in [1.54, 1.807) is 0 Å². The summed E-state index contributed by atoms with van der Waals surface area (Å²) in [5, 5.41) is 12.9. The zero-order valence-corrected chi connectivity index (χ0v) is 22.6. The number of amides is 1. The van der Waals surface area contributed by atoms with Gasteiger partial charge >= 0.3 is 0 Å². The lowest BCUT2D eigenvalue weighted by atomic mass is 10.0. The van der Waals surface area contributed by atoms with E-state index in [0.29, 0.717) is 25.4 Å². The van der Waals surface area contributed by atoms with E-state index in [4.69, 9.17) is 5.73 Å². The molecule has 7 heteroatoms. The first-order chi connectivity index (χ1) is 16.7. The highest BCUT2D eigenvalue weighted by molar-refractivity contribution is 6.08. The van der Waals surface area contributed by atoms with Crippen molar-refractivity contribution in [3.63, 3.8) is 0 Å². The molecule has 0 spiro atoms. The average Bonchev–Trinajstić information content (AvgIpc) is 3.41. The Morgan fingerprint density at radius 2 is 2.00 bits per heavy atom. The predicted octanol–water partition coefficient (Wildman–Crippen LogP) is 3.64. The molecule has 1 saturated heterocycles. The highest BCUT2D eigenvalue weighted by Crippen LogP contribution is 2.32. The summed E-state index contributed by atoms with van der Waals surface area (Å²) in [6.07, 6.45) is 6.24. The van der Waals surface area contributed by atoms with Crippen LogP contribution in [-0.2, 0) is 16.0 Å². The summed E-state index contributed by atoms with van der Waals surface area (Å²) < 4.78 is 0. The molecule has 1 aliphatic heterocycles. The predicted molar refractivity (Wildman–Crippen MR) is 145 cm³/mol. The number of likely N-dealkylation sites (N-methyl/N-ethyl adjacent to an activating group) is 1. The number of aliphatic imine (C=N–C) groups is 1. The number of allylic oxidation sites excluding steroid dienone is 1. The van der Waals surface area contributed by atoms with Crippen molar-refractivity contribution in [3.8, 4) is 0 Å². The Hall–Kier alpha value is -2.51. The molecule has 1 aromatic rings. The Kier molecular flexibility index (Phi) is 13.5. The molecule has 7 nitrogen and oxygen atoms in total. The topological polar surface area (TPSA) is 108 Å². The molecule has 2 aliphatic rings. The van der Waals surface area contributed by atoms with Crippen molar-refractivity contribution in [2.24, 2.45) is 22.6 Å². The second-order valence-corrected chi connectivity index (χ2v) is 9.32. The molecular weight excluding hydrogens is 440 g/mol. The van der Waals surface area contributed by atoms with E-state index in [1.165, 1.54) is 17.3 Å². The van der Waals surface area contributed by atoms with Crippen molar-refractivity contribution in [3.05, 3.63) is 47.2 Å². The Bertz CT molecular complexity index is 866. The number of nitrogens with two attached hydrogens (primary N) is 1. The van der Waals surface area contributed by atoms with Gasteiger partial charge in [-0.25, -0.2) is 0 Å². The summed E-state index contributed by atoms with van der Waals surface area (Å²) in [5.74, 6) is 0.725. The van der Waals surface area contributed by atoms with Crippen molar-refractivity contribution < 1.29 is 14.7 Å². The summed E-state index contributed by atoms with van der Waals surface area (Å²) in [7, 11) is 1.88. The largest absolute Gasteiger partial charge is 0.405 e. The molecule has 196 valence electrons. The summed E-state index contributed by atoms with van der Waals surface area (Å²) in [6, 6.07) is 6.08. The lowest BCUT2D eigenvalue weighted by molar-refractivity contribution is -0.125. The van der Waals surface area contributed by atoms with Crippen LogP contribution in [-0.4, -0.2) is 60.2 Å². The lowest BCUT2D eigenvalue weighted by Gasteiger charge is -2.22. The normalized spacial score (nSPS) is 22.7. The van der Waals surface area contributed by atoms with Gasteiger partial charge in [0.2, 0.25) is 5.91 Å². The van der Waals surface area contributed by atoms with Gasteiger partial charge in [-0.1, -0.05) is 46.8 Å². The number of β-amino-alcohol motifs (C(OH)–C–C–N with tert-alkyl or cyclic N) is 1. The van der Waals surface area contributed by atoms with E-state index in [9.17, 15) is 14.7 Å². The van der Waals surface area contributed by atoms with Crippen LogP contribution in [0, 0.1) is 11.8 Å². The average molecular weight is 487 g/mol. The van der Waals surface area contributed by atoms with Crippen LogP contribution in [0.3, 0.4) is 0 Å². The molecule has 0 aromatic heterocycles. The number of likely N-dealkylation sites (tertiary alicyclic amines) is 1. The van der Waals surface area contributed by atoms with Crippen molar-refractivity contribution in [2.45, 2.75) is 79.0 Å². The van der Waals surface area contributed by atoms with E-state index in [1.807, 2.05) is 65.6 Å². The Labute approximate surface area is 211 Å². The van der Waals surface area contributed by atoms with E-state index >= 15 is 0 Å². The zero-order chi connectivity index (χ0) is 26.5. The van der Waals surface area contributed by atoms with Crippen LogP contribution in [0.15, 0.2) is 35.5 Å². The minimum Gasteiger partial charge on any atom is -0.405 e. The van der Waals surface area contributed by atoms with Crippen LogP contribution in [0.4, 0.5) is 0 Å². The maximum atomic E-state index is 12.6. The van der Waals surface area contributed by atoms with Gasteiger partial charge in [0, 0.05) is 19.0 Å². The number of fused-ring (bicyclic) bond motifs is 1. The molecule has 4 unspecified atom stereocenters. The van der Waals surface area contributed by atoms with Crippen molar-refractivity contribution in [1.82, 2.24) is 10.2 Å². The van der Waals surface area contributed by atoms with Crippen LogP contribution >= 0.6 is 0 Å². The van der Waals surface area contributed by atoms with Gasteiger partial charge in [0.25, 0.3) is 0 Å². The van der Waals surface area contributed by atoms with Gasteiger partial charge in [0.1, 0.15) is 6.29 Å². The van der Waals surface area contributed by atoms with E-state index in [-0.39, 0.29) is 23.9 Å². The number of aryl methyl sites for hydroxylation is 1. The van der Waals surface area contributed by atoms with Gasteiger partial charge in [-0.05, 0) is 74.2 Å². The van der Waals surface area contributed by atoms with Gasteiger partial charge in [0.15, 0.2) is 0 Å². The molecule has 4 N–H and O–H groups in total. The first kappa shape index (κ1) is 30.5. The number of carbonyl (C=O) groups is 2. The maximum absolute atomic E-state index is 12.6. The number of benzene rings is 1. The van der Waals surface area contributed by atoms with Gasteiger partial charge in [-0.15, -0.1) is 0 Å². The molecule has 1 heterocycles. The molecule has 1 aromatic carbocycles. The third kappa shape index (κ3) is 8.89. The first-order valence-corrected chi connectivity index (χ1v) is 12.9. The Morgan fingerprint density at radius 1 is 1.31 bits per heavy atom. The second-order valence-electron chi connectivity index (χ2n) is 9.32. The van der Waals surface area contributed by atoms with Crippen LogP contribution in [0.5, 0.6) is 0 Å². The molecule has 1 aliphatic carbocycles. The minimum absolute atomic E-state index is 0.00489. The number of hydrogen-bond donors (Lipinski definition) is 3. The van der Waals surface area contributed by atoms with Crippen molar-refractivity contribution >= 4 is 17.9 Å². The molecule has 1 fully saturated rings. The smallest absolute Gasteiger partial charge is 0.237 e. The van der Waals surface area contributed by atoms with E-state index < -0.39 is 6.10 Å². The van der Waals surface area contributed by atoms with Crippen molar-refractivity contribution in [1.29, 1.82) is 0 Å². The third-order valence-electron chi connectivity index (χ3n) is 6.51. The van der Waals surface area contributed by atoms with E-state index in [2.05, 4.69) is 22.4 Å². The zero-order valence-electron chi connectivity index (χ0n) is 22.6. The molecule has 35 heavy (non-hydrogen) atoms. The fourth-order valence-electron chi connectivity index (χ4n) is 4.13. The summed E-state index contributed by atoms with van der Waals surface area (Å²) >= 11 is 0. The standard InChI is InChI=1S/C20H28N4O2.C6H12O.C2H6/c1-3-22-17(8-9-21)14-4-6-16-13(10-14)5-7-18(16)23-20(26)19-11-15(25)12-24(19)2;1-5(2)6(3)4-7;1-2/h4,6,8-10,15,18-19,25H,3,5,7,11-12,21H2,1-2H3,(H,23,26);4-6H,1-3H3;1-2H3/b9-8-,22-17?;;. The van der Waals surface area contributed by atoms with Gasteiger partial charge < -0.3 is 21.0 Å². The molecular formula is C28H46N4O3. The Balaban J connectivity index is 0.000000587.